The molecule has 0 spiro atoms. The fourth-order valence-electron chi connectivity index (χ4n) is 2.62. The summed E-state index contributed by atoms with van der Waals surface area (Å²) in [6.45, 7) is 1.93. The molecule has 7 heteroatoms. The second kappa shape index (κ2) is 6.20. The van der Waals surface area contributed by atoms with Gasteiger partial charge in [-0.15, -0.1) is 5.10 Å². The van der Waals surface area contributed by atoms with Gasteiger partial charge in [0.15, 0.2) is 0 Å². The van der Waals surface area contributed by atoms with Gasteiger partial charge in [0, 0.05) is 30.5 Å². The zero-order chi connectivity index (χ0) is 17.2. The number of nitrogens with zero attached hydrogens (tertiary/aromatic N) is 5. The number of nitrogens with one attached hydrogen (secondary N) is 1. The lowest BCUT2D eigenvalue weighted by molar-refractivity contribution is 0.0929. The molecule has 0 saturated heterocycles. The third kappa shape index (κ3) is 2.99. The summed E-state index contributed by atoms with van der Waals surface area (Å²) in [6.07, 6.45) is 7.29. The SMILES string of the molecule is C[C@@H](NC(=O)c1nc2ncccn2n1)c1ccc(-n2cccc2)cc1. The molecule has 25 heavy (non-hydrogen) atoms. The Morgan fingerprint density at radius 3 is 2.56 bits per heavy atom. The molecule has 0 saturated carbocycles. The van der Waals surface area contributed by atoms with E-state index in [2.05, 4.69) is 20.4 Å². The van der Waals surface area contributed by atoms with Crippen LogP contribution in [0.5, 0.6) is 0 Å². The van der Waals surface area contributed by atoms with Crippen molar-refractivity contribution >= 4 is 11.7 Å². The van der Waals surface area contributed by atoms with E-state index >= 15 is 0 Å². The Morgan fingerprint density at radius 1 is 1.08 bits per heavy atom. The molecule has 0 aliphatic rings. The van der Waals surface area contributed by atoms with Crippen LogP contribution in [0.15, 0.2) is 67.3 Å². The first-order chi connectivity index (χ1) is 12.2. The summed E-state index contributed by atoms with van der Waals surface area (Å²) in [5, 5.41) is 7.05. The topological polar surface area (TPSA) is 77.1 Å². The average molecular weight is 332 g/mol. The Bertz CT molecular complexity index is 971. The minimum absolute atomic E-state index is 0.106. The van der Waals surface area contributed by atoms with E-state index < -0.39 is 0 Å². The lowest BCUT2D eigenvalue weighted by Gasteiger charge is -2.14. The summed E-state index contributed by atoms with van der Waals surface area (Å²) in [5.41, 5.74) is 2.08. The highest BCUT2D eigenvalue weighted by atomic mass is 16.2. The Labute approximate surface area is 144 Å². The monoisotopic (exact) mass is 332 g/mol. The molecule has 0 radical (unpaired) electrons. The predicted molar refractivity (Wildman–Crippen MR) is 92.4 cm³/mol. The van der Waals surface area contributed by atoms with Gasteiger partial charge in [0.1, 0.15) is 0 Å². The molecule has 0 aliphatic heterocycles. The van der Waals surface area contributed by atoms with Crippen LogP contribution >= 0.6 is 0 Å². The molecule has 4 aromatic rings. The first kappa shape index (κ1) is 15.1. The van der Waals surface area contributed by atoms with Gasteiger partial charge >= 0.3 is 0 Å². The van der Waals surface area contributed by atoms with Gasteiger partial charge in [-0.1, -0.05) is 12.1 Å². The number of fused-ring (bicyclic) bond motifs is 1. The van der Waals surface area contributed by atoms with Crippen molar-refractivity contribution in [1.29, 1.82) is 0 Å². The van der Waals surface area contributed by atoms with Gasteiger partial charge in [0.05, 0.1) is 6.04 Å². The summed E-state index contributed by atoms with van der Waals surface area (Å²) >= 11 is 0. The van der Waals surface area contributed by atoms with Crippen molar-refractivity contribution < 1.29 is 4.79 Å². The van der Waals surface area contributed by atoms with Crippen molar-refractivity contribution in [2.45, 2.75) is 13.0 Å². The zero-order valence-electron chi connectivity index (χ0n) is 13.6. The number of carbonyl (C=O) groups is 1. The highest BCUT2D eigenvalue weighted by Crippen LogP contribution is 2.16. The number of carbonyl (C=O) groups excluding carboxylic acids is 1. The van der Waals surface area contributed by atoms with Crippen LogP contribution in [0.4, 0.5) is 0 Å². The van der Waals surface area contributed by atoms with Gasteiger partial charge in [-0.2, -0.15) is 4.98 Å². The molecule has 0 bridgehead atoms. The predicted octanol–water partition coefficient (Wildman–Crippen LogP) is 2.41. The van der Waals surface area contributed by atoms with Crippen LogP contribution in [0.2, 0.25) is 0 Å². The second-order valence-electron chi connectivity index (χ2n) is 5.68. The smallest absolute Gasteiger partial charge is 0.291 e. The van der Waals surface area contributed by atoms with E-state index in [0.29, 0.717) is 5.78 Å². The number of benzene rings is 1. The van der Waals surface area contributed by atoms with E-state index in [1.165, 1.54) is 4.52 Å². The van der Waals surface area contributed by atoms with Crippen molar-refractivity contribution in [3.8, 4) is 5.69 Å². The van der Waals surface area contributed by atoms with E-state index in [4.69, 9.17) is 0 Å². The summed E-state index contributed by atoms with van der Waals surface area (Å²) in [5.74, 6) is 0.179. The number of hydrogen-bond donors (Lipinski definition) is 1. The summed E-state index contributed by atoms with van der Waals surface area (Å²) < 4.78 is 3.51. The molecule has 4 rings (SSSR count). The van der Waals surface area contributed by atoms with Crippen LogP contribution in [0, 0.1) is 0 Å². The van der Waals surface area contributed by atoms with Crippen molar-refractivity contribution in [1.82, 2.24) is 29.5 Å². The molecule has 7 nitrogen and oxygen atoms in total. The molecular weight excluding hydrogens is 316 g/mol. The Hall–Kier alpha value is -3.48. The maximum atomic E-state index is 12.4. The standard InChI is InChI=1S/C18H16N6O/c1-13(14-5-7-15(8-6-14)23-10-2-3-11-23)20-17(25)16-21-18-19-9-4-12-24(18)22-16/h2-13H,1H3,(H,20,25)/t13-/m1/s1. The molecule has 1 N–H and O–H groups in total. The van der Waals surface area contributed by atoms with Gasteiger partial charge in [-0.05, 0) is 42.8 Å². The number of hydrogen-bond acceptors (Lipinski definition) is 4. The fourth-order valence-corrected chi connectivity index (χ4v) is 2.62. The molecule has 1 aromatic carbocycles. The zero-order valence-corrected chi connectivity index (χ0v) is 13.6. The molecule has 1 atom stereocenters. The minimum Gasteiger partial charge on any atom is -0.343 e. The van der Waals surface area contributed by atoms with Crippen molar-refractivity contribution in [3.63, 3.8) is 0 Å². The van der Waals surface area contributed by atoms with Gasteiger partial charge in [0.2, 0.25) is 5.82 Å². The fraction of sp³-hybridized carbons (Fsp3) is 0.111. The van der Waals surface area contributed by atoms with E-state index in [-0.39, 0.29) is 17.8 Å². The highest BCUT2D eigenvalue weighted by Gasteiger charge is 2.16. The Morgan fingerprint density at radius 2 is 1.84 bits per heavy atom. The third-order valence-electron chi connectivity index (χ3n) is 3.96. The van der Waals surface area contributed by atoms with Gasteiger partial charge in [0.25, 0.3) is 11.7 Å². The number of rotatable bonds is 4. The van der Waals surface area contributed by atoms with Crippen LogP contribution in [0.3, 0.4) is 0 Å². The van der Waals surface area contributed by atoms with Gasteiger partial charge in [-0.25, -0.2) is 9.50 Å². The molecule has 124 valence electrons. The first-order valence-electron chi connectivity index (χ1n) is 7.92. The maximum absolute atomic E-state index is 12.4. The number of aromatic nitrogens is 5. The molecule has 3 aromatic heterocycles. The van der Waals surface area contributed by atoms with Crippen LogP contribution in [0.25, 0.3) is 11.5 Å². The van der Waals surface area contributed by atoms with Crippen LogP contribution in [0.1, 0.15) is 29.1 Å². The van der Waals surface area contributed by atoms with Gasteiger partial charge < -0.3 is 9.88 Å². The molecule has 0 fully saturated rings. The summed E-state index contributed by atoms with van der Waals surface area (Å²) in [6, 6.07) is 13.6. The second-order valence-corrected chi connectivity index (χ2v) is 5.68. The molecule has 1 amide bonds. The Balaban J connectivity index is 1.49. The van der Waals surface area contributed by atoms with Gasteiger partial charge in [-0.3, -0.25) is 4.79 Å². The third-order valence-corrected chi connectivity index (χ3v) is 3.96. The molecule has 0 aliphatic carbocycles. The molecule has 0 unspecified atom stereocenters. The van der Waals surface area contributed by atoms with Crippen LogP contribution in [-0.2, 0) is 0 Å². The van der Waals surface area contributed by atoms with E-state index in [1.807, 2.05) is 60.3 Å². The van der Waals surface area contributed by atoms with E-state index in [9.17, 15) is 4.79 Å². The lowest BCUT2D eigenvalue weighted by atomic mass is 10.1. The van der Waals surface area contributed by atoms with Crippen molar-refractivity contribution in [2.24, 2.45) is 0 Å². The minimum atomic E-state index is -0.326. The van der Waals surface area contributed by atoms with E-state index in [1.54, 1.807) is 18.5 Å². The average Bonchev–Trinajstić information content (AvgIpc) is 3.31. The first-order valence-corrected chi connectivity index (χ1v) is 7.92. The van der Waals surface area contributed by atoms with E-state index in [0.717, 1.165) is 11.3 Å². The quantitative estimate of drug-likeness (QED) is 0.622. The summed E-state index contributed by atoms with van der Waals surface area (Å²) in [7, 11) is 0. The molecule has 3 heterocycles. The highest BCUT2D eigenvalue weighted by molar-refractivity contribution is 5.91. The normalized spacial score (nSPS) is 12.2. The van der Waals surface area contributed by atoms with Crippen LogP contribution in [-0.4, -0.2) is 30.1 Å². The maximum Gasteiger partial charge on any atom is 0.291 e. The lowest BCUT2D eigenvalue weighted by Crippen LogP contribution is -2.27. The Kier molecular flexibility index (Phi) is 3.74. The van der Waals surface area contributed by atoms with Crippen LogP contribution < -0.4 is 5.32 Å². The van der Waals surface area contributed by atoms with Crippen molar-refractivity contribution in [2.75, 3.05) is 0 Å². The van der Waals surface area contributed by atoms with Crippen molar-refractivity contribution in [3.05, 3.63) is 78.6 Å². The number of amides is 1. The molecular formula is C18H16N6O. The largest absolute Gasteiger partial charge is 0.343 e. The summed E-state index contributed by atoms with van der Waals surface area (Å²) in [4.78, 5) is 20.6.